The van der Waals surface area contributed by atoms with Crippen LogP contribution in [0, 0.1) is 5.92 Å². The normalized spacial score (nSPS) is 12.7. The molecule has 0 saturated heterocycles. The first-order chi connectivity index (χ1) is 8.64. The molecule has 102 valence electrons. The third-order valence-corrected chi connectivity index (χ3v) is 3.38. The summed E-state index contributed by atoms with van der Waals surface area (Å²) in [6.45, 7) is 7.62. The van der Waals surface area contributed by atoms with E-state index in [0.717, 1.165) is 30.8 Å². The molecule has 0 bridgehead atoms. The highest BCUT2D eigenvalue weighted by Crippen LogP contribution is 2.12. The number of Topliss-reactive ketones (excluding diaryl/α,β-unsaturated/α-hetero) is 1. The van der Waals surface area contributed by atoms with E-state index < -0.39 is 0 Å². The van der Waals surface area contributed by atoms with E-state index in [-0.39, 0.29) is 5.78 Å². The summed E-state index contributed by atoms with van der Waals surface area (Å²) in [7, 11) is 0. The van der Waals surface area contributed by atoms with Crippen LogP contribution in [0.3, 0.4) is 0 Å². The van der Waals surface area contributed by atoms with Crippen molar-refractivity contribution in [2.75, 3.05) is 6.54 Å². The van der Waals surface area contributed by atoms with Crippen molar-refractivity contribution >= 4 is 5.78 Å². The number of nitrogens with two attached hydrogens (primary N) is 1. The van der Waals surface area contributed by atoms with Crippen molar-refractivity contribution in [1.82, 2.24) is 9.78 Å². The maximum absolute atomic E-state index is 12.0. The molecule has 0 radical (unpaired) electrons. The molecule has 4 nitrogen and oxygen atoms in total. The van der Waals surface area contributed by atoms with Gasteiger partial charge in [0.2, 0.25) is 0 Å². The highest BCUT2D eigenvalue weighted by molar-refractivity contribution is 5.80. The van der Waals surface area contributed by atoms with Crippen LogP contribution in [-0.2, 0) is 24.2 Å². The molecule has 0 aliphatic heterocycles. The smallest absolute Gasteiger partial charge is 0.139 e. The Labute approximate surface area is 110 Å². The molecule has 0 aliphatic carbocycles. The van der Waals surface area contributed by atoms with Crippen molar-refractivity contribution in [2.24, 2.45) is 11.7 Å². The Morgan fingerprint density at radius 3 is 2.67 bits per heavy atom. The Hall–Kier alpha value is -1.16. The minimum Gasteiger partial charge on any atom is -0.330 e. The summed E-state index contributed by atoms with van der Waals surface area (Å²) >= 11 is 0. The number of aromatic nitrogens is 2. The Bertz CT molecular complexity index is 380. The van der Waals surface area contributed by atoms with E-state index in [2.05, 4.69) is 25.9 Å². The van der Waals surface area contributed by atoms with Crippen LogP contribution in [0.4, 0.5) is 0 Å². The molecule has 0 saturated carbocycles. The quantitative estimate of drug-likeness (QED) is 0.768. The van der Waals surface area contributed by atoms with Gasteiger partial charge >= 0.3 is 0 Å². The Morgan fingerprint density at radius 2 is 2.17 bits per heavy atom. The molecule has 0 aliphatic rings. The second kappa shape index (κ2) is 7.31. The number of carbonyl (C=O) groups is 1. The van der Waals surface area contributed by atoms with Crippen LogP contribution < -0.4 is 5.73 Å². The lowest BCUT2D eigenvalue weighted by atomic mass is 9.98. The lowest BCUT2D eigenvalue weighted by Gasteiger charge is -2.11. The number of hydrogen-bond acceptors (Lipinski definition) is 3. The number of carbonyl (C=O) groups excluding carboxylic acids is 1. The Kier molecular flexibility index (Phi) is 6.05. The van der Waals surface area contributed by atoms with Gasteiger partial charge in [0.05, 0.1) is 5.69 Å². The topological polar surface area (TPSA) is 60.9 Å². The zero-order valence-corrected chi connectivity index (χ0v) is 11.8. The van der Waals surface area contributed by atoms with Crippen molar-refractivity contribution in [2.45, 2.75) is 53.0 Å². The fourth-order valence-electron chi connectivity index (χ4n) is 2.09. The lowest BCUT2D eigenvalue weighted by Crippen LogP contribution is -2.19. The minimum absolute atomic E-state index is 0.268. The number of nitrogens with zero attached hydrogens (tertiary/aromatic N) is 2. The monoisotopic (exact) mass is 251 g/mol. The van der Waals surface area contributed by atoms with E-state index in [1.807, 2.05) is 10.7 Å². The van der Waals surface area contributed by atoms with Crippen LogP contribution in [0.15, 0.2) is 6.07 Å². The summed E-state index contributed by atoms with van der Waals surface area (Å²) in [6, 6.07) is 2.05. The van der Waals surface area contributed by atoms with E-state index in [4.69, 9.17) is 5.73 Å². The molecule has 0 aromatic carbocycles. The summed E-state index contributed by atoms with van der Waals surface area (Å²) < 4.78 is 1.93. The first-order valence-electron chi connectivity index (χ1n) is 6.91. The SMILES string of the molecule is CCc1cc(CC(=O)CC(CC)CN)n(CC)n1. The summed E-state index contributed by atoms with van der Waals surface area (Å²) in [5.74, 6) is 0.589. The third-order valence-electron chi connectivity index (χ3n) is 3.38. The van der Waals surface area contributed by atoms with E-state index >= 15 is 0 Å². The highest BCUT2D eigenvalue weighted by Gasteiger charge is 2.14. The number of ketones is 1. The van der Waals surface area contributed by atoms with Crippen LogP contribution in [-0.4, -0.2) is 22.1 Å². The van der Waals surface area contributed by atoms with Gasteiger partial charge in [-0.1, -0.05) is 20.3 Å². The molecule has 0 fully saturated rings. The molecule has 0 spiro atoms. The maximum Gasteiger partial charge on any atom is 0.139 e. The molecule has 1 heterocycles. The van der Waals surface area contributed by atoms with Gasteiger partial charge in [0.1, 0.15) is 5.78 Å². The fraction of sp³-hybridized carbons (Fsp3) is 0.714. The fourth-order valence-corrected chi connectivity index (χ4v) is 2.09. The molecule has 1 rings (SSSR count). The molecule has 2 N–H and O–H groups in total. The largest absolute Gasteiger partial charge is 0.330 e. The molecule has 1 aromatic heterocycles. The summed E-state index contributed by atoms with van der Waals surface area (Å²) in [5.41, 5.74) is 7.73. The Morgan fingerprint density at radius 1 is 1.44 bits per heavy atom. The van der Waals surface area contributed by atoms with Crippen LogP contribution in [0.2, 0.25) is 0 Å². The van der Waals surface area contributed by atoms with Gasteiger partial charge in [0.15, 0.2) is 0 Å². The van der Waals surface area contributed by atoms with Crippen molar-refractivity contribution in [3.63, 3.8) is 0 Å². The van der Waals surface area contributed by atoms with Crippen LogP contribution >= 0.6 is 0 Å². The Balaban J connectivity index is 2.66. The van der Waals surface area contributed by atoms with Gasteiger partial charge in [0.25, 0.3) is 0 Å². The van der Waals surface area contributed by atoms with Gasteiger partial charge < -0.3 is 5.73 Å². The first kappa shape index (κ1) is 14.9. The zero-order valence-electron chi connectivity index (χ0n) is 11.8. The van der Waals surface area contributed by atoms with Crippen molar-refractivity contribution in [3.8, 4) is 0 Å². The second-order valence-corrected chi connectivity index (χ2v) is 4.73. The molecular formula is C14H25N3O. The summed E-state index contributed by atoms with van der Waals surface area (Å²) in [4.78, 5) is 12.0. The van der Waals surface area contributed by atoms with Gasteiger partial charge in [-0.15, -0.1) is 0 Å². The van der Waals surface area contributed by atoms with E-state index in [0.29, 0.717) is 25.3 Å². The van der Waals surface area contributed by atoms with Gasteiger partial charge in [-0.3, -0.25) is 9.48 Å². The van der Waals surface area contributed by atoms with Crippen molar-refractivity contribution < 1.29 is 4.79 Å². The van der Waals surface area contributed by atoms with Crippen molar-refractivity contribution in [3.05, 3.63) is 17.5 Å². The van der Waals surface area contributed by atoms with Gasteiger partial charge in [0, 0.05) is 25.1 Å². The molecule has 1 unspecified atom stereocenters. The molecule has 1 atom stereocenters. The average Bonchev–Trinajstić information content (AvgIpc) is 2.78. The molecular weight excluding hydrogens is 226 g/mol. The van der Waals surface area contributed by atoms with E-state index in [1.54, 1.807) is 0 Å². The van der Waals surface area contributed by atoms with Crippen LogP contribution in [0.5, 0.6) is 0 Å². The zero-order chi connectivity index (χ0) is 13.5. The second-order valence-electron chi connectivity index (χ2n) is 4.73. The number of hydrogen-bond donors (Lipinski definition) is 1. The van der Waals surface area contributed by atoms with Gasteiger partial charge in [-0.25, -0.2) is 0 Å². The summed E-state index contributed by atoms with van der Waals surface area (Å²) in [6.07, 6.45) is 2.95. The van der Waals surface area contributed by atoms with Crippen molar-refractivity contribution in [1.29, 1.82) is 0 Å². The molecule has 4 heteroatoms. The standard InChI is InChI=1S/C14H25N3O/c1-4-11(10-15)7-14(18)9-13-8-12(5-2)16-17(13)6-3/h8,11H,4-7,9-10,15H2,1-3H3. The predicted octanol–water partition coefficient (Wildman–Crippen LogP) is 1.95. The number of aryl methyl sites for hydroxylation is 2. The first-order valence-corrected chi connectivity index (χ1v) is 6.91. The maximum atomic E-state index is 12.0. The van der Waals surface area contributed by atoms with Gasteiger partial charge in [-0.2, -0.15) is 5.10 Å². The van der Waals surface area contributed by atoms with E-state index in [9.17, 15) is 4.79 Å². The number of rotatable bonds is 8. The lowest BCUT2D eigenvalue weighted by molar-refractivity contribution is -0.119. The molecule has 0 amide bonds. The highest BCUT2D eigenvalue weighted by atomic mass is 16.1. The molecule has 1 aromatic rings. The van der Waals surface area contributed by atoms with Crippen LogP contribution in [0.1, 0.15) is 45.0 Å². The third kappa shape index (κ3) is 3.95. The summed E-state index contributed by atoms with van der Waals surface area (Å²) in [5, 5.41) is 4.46. The molecule has 18 heavy (non-hydrogen) atoms. The minimum atomic E-state index is 0.268. The van der Waals surface area contributed by atoms with E-state index in [1.165, 1.54) is 0 Å². The predicted molar refractivity (Wildman–Crippen MR) is 73.4 cm³/mol. The van der Waals surface area contributed by atoms with Gasteiger partial charge in [-0.05, 0) is 31.9 Å². The van der Waals surface area contributed by atoms with Crippen LogP contribution in [0.25, 0.3) is 0 Å². The average molecular weight is 251 g/mol.